The van der Waals surface area contributed by atoms with Crippen molar-refractivity contribution in [1.29, 1.82) is 0 Å². The Morgan fingerprint density at radius 1 is 0.842 bits per heavy atom. The lowest BCUT2D eigenvalue weighted by Crippen LogP contribution is -1.83. The minimum atomic E-state index is 0.884. The van der Waals surface area contributed by atoms with Gasteiger partial charge in [-0.1, -0.05) is 97.6 Å². The van der Waals surface area contributed by atoms with Gasteiger partial charge in [0.15, 0.2) is 0 Å². The van der Waals surface area contributed by atoms with Gasteiger partial charge in [-0.15, -0.1) is 0 Å². The first kappa shape index (κ1) is 20.5. The van der Waals surface area contributed by atoms with Crippen LogP contribution in [0.15, 0.2) is 30.3 Å². The highest BCUT2D eigenvalue weighted by molar-refractivity contribution is 5.14. The van der Waals surface area contributed by atoms with Crippen LogP contribution in [0, 0.1) is 5.92 Å². The summed E-state index contributed by atoms with van der Waals surface area (Å²) in [6, 6.07) is 10.7. The molecule has 0 nitrogen and oxygen atoms in total. The highest BCUT2D eigenvalue weighted by Gasteiger charge is 1.89. The van der Waals surface area contributed by atoms with E-state index in [2.05, 4.69) is 71.9 Å². The van der Waals surface area contributed by atoms with Crippen molar-refractivity contribution in [2.75, 3.05) is 0 Å². The van der Waals surface area contributed by atoms with E-state index >= 15 is 0 Å². The standard InChI is InChI=1S/C11H16.C5H12.C3H8/c1-2-3-5-8-11-9-6-4-7-10-11;1-4-5(2)3;1-3-2/h4,6-7,9-10H,2-3,5,8H2,1H3;5H,4H2,1-3H3;3H2,1-2H3. The number of unbranched alkanes of at least 4 members (excludes halogenated alkanes) is 2. The molecule has 1 rings (SSSR count). The predicted molar refractivity (Wildman–Crippen MR) is 90.8 cm³/mol. The van der Waals surface area contributed by atoms with E-state index in [0.29, 0.717) is 0 Å². The normalized spacial score (nSPS) is 9.21. The molecule has 0 aliphatic carbocycles. The third-order valence-electron chi connectivity index (χ3n) is 2.73. The molecular weight excluding hydrogens is 228 g/mol. The highest BCUT2D eigenvalue weighted by atomic mass is 13.9. The minimum Gasteiger partial charge on any atom is -0.0656 e. The van der Waals surface area contributed by atoms with Gasteiger partial charge in [0.1, 0.15) is 0 Å². The summed E-state index contributed by atoms with van der Waals surface area (Å²) in [4.78, 5) is 0. The van der Waals surface area contributed by atoms with Crippen molar-refractivity contribution in [1.82, 2.24) is 0 Å². The van der Waals surface area contributed by atoms with Gasteiger partial charge in [-0.3, -0.25) is 0 Å². The molecule has 0 bridgehead atoms. The van der Waals surface area contributed by atoms with Gasteiger partial charge in [-0.2, -0.15) is 0 Å². The molecule has 0 saturated heterocycles. The molecule has 0 saturated carbocycles. The number of aryl methyl sites for hydroxylation is 1. The molecular formula is C19H36. The lowest BCUT2D eigenvalue weighted by atomic mass is 10.1. The summed E-state index contributed by atoms with van der Waals surface area (Å²) in [6.45, 7) is 13.1. The van der Waals surface area contributed by atoms with E-state index in [1.54, 1.807) is 0 Å². The molecule has 0 spiro atoms. The Morgan fingerprint density at radius 2 is 1.32 bits per heavy atom. The van der Waals surface area contributed by atoms with Crippen LogP contribution < -0.4 is 0 Å². The van der Waals surface area contributed by atoms with Gasteiger partial charge in [-0.25, -0.2) is 0 Å². The van der Waals surface area contributed by atoms with Crippen molar-refractivity contribution in [3.63, 3.8) is 0 Å². The smallest absolute Gasteiger partial charge is 0.0279 e. The van der Waals surface area contributed by atoms with E-state index in [4.69, 9.17) is 0 Å². The Hall–Kier alpha value is -0.780. The summed E-state index contributed by atoms with van der Waals surface area (Å²) in [7, 11) is 0. The number of hydrogen-bond donors (Lipinski definition) is 0. The molecule has 19 heavy (non-hydrogen) atoms. The fraction of sp³-hybridized carbons (Fsp3) is 0.684. The molecule has 0 aromatic heterocycles. The second kappa shape index (κ2) is 17.2. The van der Waals surface area contributed by atoms with Crippen molar-refractivity contribution in [3.8, 4) is 0 Å². The number of hydrogen-bond acceptors (Lipinski definition) is 0. The number of rotatable bonds is 5. The molecule has 0 atom stereocenters. The maximum atomic E-state index is 2.24. The van der Waals surface area contributed by atoms with Gasteiger partial charge in [0.05, 0.1) is 0 Å². The lowest BCUT2D eigenvalue weighted by molar-refractivity contribution is 0.626. The van der Waals surface area contributed by atoms with Crippen molar-refractivity contribution < 1.29 is 0 Å². The van der Waals surface area contributed by atoms with Crippen LogP contribution in [0.4, 0.5) is 0 Å². The zero-order chi connectivity index (χ0) is 14.9. The van der Waals surface area contributed by atoms with E-state index < -0.39 is 0 Å². The molecule has 0 aliphatic heterocycles. The zero-order valence-corrected chi connectivity index (χ0v) is 14.2. The van der Waals surface area contributed by atoms with Crippen LogP contribution in [0.25, 0.3) is 0 Å². The maximum Gasteiger partial charge on any atom is -0.0279 e. The summed E-state index contributed by atoms with van der Waals surface area (Å²) in [5.41, 5.74) is 1.47. The SMILES string of the molecule is CCC.CCC(C)C.CCCCCc1ccccc1. The monoisotopic (exact) mass is 264 g/mol. The fourth-order valence-corrected chi connectivity index (χ4v) is 1.22. The first-order valence-corrected chi connectivity index (χ1v) is 8.16. The molecule has 0 heteroatoms. The Morgan fingerprint density at radius 3 is 1.68 bits per heavy atom. The Balaban J connectivity index is 0. The Kier molecular flexibility index (Phi) is 18.6. The zero-order valence-electron chi connectivity index (χ0n) is 14.2. The van der Waals surface area contributed by atoms with Crippen LogP contribution in [0.5, 0.6) is 0 Å². The van der Waals surface area contributed by atoms with Gasteiger partial charge in [0, 0.05) is 0 Å². The summed E-state index contributed by atoms with van der Waals surface area (Å²) >= 11 is 0. The molecule has 0 aliphatic rings. The molecule has 0 fully saturated rings. The van der Waals surface area contributed by atoms with Gasteiger partial charge < -0.3 is 0 Å². The topological polar surface area (TPSA) is 0 Å². The van der Waals surface area contributed by atoms with Gasteiger partial charge in [0.25, 0.3) is 0 Å². The average Bonchev–Trinajstić information content (AvgIpc) is 2.42. The van der Waals surface area contributed by atoms with Crippen LogP contribution in [-0.4, -0.2) is 0 Å². The molecule has 0 radical (unpaired) electrons. The van der Waals surface area contributed by atoms with Gasteiger partial charge >= 0.3 is 0 Å². The summed E-state index contributed by atoms with van der Waals surface area (Å²) < 4.78 is 0. The van der Waals surface area contributed by atoms with E-state index in [1.165, 1.54) is 44.1 Å². The first-order chi connectivity index (χ1) is 9.12. The second-order valence-corrected chi connectivity index (χ2v) is 5.45. The van der Waals surface area contributed by atoms with E-state index in [9.17, 15) is 0 Å². The van der Waals surface area contributed by atoms with Crippen LogP contribution in [-0.2, 0) is 6.42 Å². The maximum absolute atomic E-state index is 2.24. The molecule has 1 aromatic rings. The third kappa shape index (κ3) is 19.7. The summed E-state index contributed by atoms with van der Waals surface area (Å²) in [5, 5.41) is 0. The number of benzene rings is 1. The largest absolute Gasteiger partial charge is 0.0656 e. The van der Waals surface area contributed by atoms with E-state index in [0.717, 1.165) is 5.92 Å². The van der Waals surface area contributed by atoms with Crippen LogP contribution in [0.2, 0.25) is 0 Å². The van der Waals surface area contributed by atoms with E-state index in [-0.39, 0.29) is 0 Å². The van der Waals surface area contributed by atoms with Gasteiger partial charge in [0.2, 0.25) is 0 Å². The lowest BCUT2D eigenvalue weighted by Gasteiger charge is -1.98. The van der Waals surface area contributed by atoms with Gasteiger partial charge in [-0.05, 0) is 24.3 Å². The van der Waals surface area contributed by atoms with Crippen molar-refractivity contribution >= 4 is 0 Å². The van der Waals surface area contributed by atoms with Crippen molar-refractivity contribution in [3.05, 3.63) is 35.9 Å². The van der Waals surface area contributed by atoms with Crippen molar-refractivity contribution in [2.45, 2.75) is 80.1 Å². The molecule has 0 N–H and O–H groups in total. The fourth-order valence-electron chi connectivity index (χ4n) is 1.22. The van der Waals surface area contributed by atoms with E-state index in [1.807, 2.05) is 0 Å². The third-order valence-corrected chi connectivity index (χ3v) is 2.73. The van der Waals surface area contributed by atoms with Crippen LogP contribution >= 0.6 is 0 Å². The first-order valence-electron chi connectivity index (χ1n) is 8.16. The molecule has 0 amide bonds. The Labute approximate surface area is 122 Å². The summed E-state index contributed by atoms with van der Waals surface area (Å²) in [5.74, 6) is 0.884. The minimum absolute atomic E-state index is 0.884. The van der Waals surface area contributed by atoms with Crippen LogP contribution in [0.3, 0.4) is 0 Å². The predicted octanol–water partition coefficient (Wildman–Crippen LogP) is 6.89. The molecule has 0 unspecified atom stereocenters. The molecule has 0 heterocycles. The highest BCUT2D eigenvalue weighted by Crippen LogP contribution is 2.05. The van der Waals surface area contributed by atoms with Crippen molar-refractivity contribution in [2.24, 2.45) is 5.92 Å². The average molecular weight is 264 g/mol. The molecule has 1 aromatic carbocycles. The van der Waals surface area contributed by atoms with Crippen LogP contribution in [0.1, 0.15) is 79.2 Å². The molecule has 112 valence electrons. The summed E-state index contributed by atoms with van der Waals surface area (Å²) in [6.07, 6.45) is 7.80. The second-order valence-electron chi connectivity index (χ2n) is 5.45. The Bertz CT molecular complexity index is 235. The quantitative estimate of drug-likeness (QED) is 0.508.